The van der Waals surface area contributed by atoms with Crippen molar-refractivity contribution in [1.82, 2.24) is 9.78 Å². The second-order valence-electron chi connectivity index (χ2n) is 3.94. The van der Waals surface area contributed by atoms with Crippen LogP contribution in [0.25, 0.3) is 5.69 Å². The Bertz CT molecular complexity index is 763. The van der Waals surface area contributed by atoms with Crippen LogP contribution >= 0.6 is 11.6 Å². The Hall–Kier alpha value is -2.53. The molecule has 2 aromatic carbocycles. The largest absolute Gasteiger partial charge is 0.444 e. The van der Waals surface area contributed by atoms with Crippen molar-refractivity contribution in [2.75, 3.05) is 0 Å². The third-order valence-corrected chi connectivity index (χ3v) is 2.80. The SMILES string of the molecule is O=c1oc(Oc2ccc(Cl)cc2)nn1-c1ccccc1. The monoisotopic (exact) mass is 288 g/mol. The molecule has 0 spiro atoms. The maximum Gasteiger partial charge on any atom is 0.444 e. The fourth-order valence-electron chi connectivity index (χ4n) is 1.64. The first-order valence-electron chi connectivity index (χ1n) is 5.81. The summed E-state index contributed by atoms with van der Waals surface area (Å²) in [6, 6.07) is 15.6. The maximum atomic E-state index is 11.7. The Kier molecular flexibility index (Phi) is 3.26. The van der Waals surface area contributed by atoms with Gasteiger partial charge in [-0.1, -0.05) is 34.9 Å². The highest BCUT2D eigenvalue weighted by Crippen LogP contribution is 2.21. The predicted molar refractivity (Wildman–Crippen MR) is 73.6 cm³/mol. The topological polar surface area (TPSA) is 57.3 Å². The molecule has 3 aromatic rings. The Morgan fingerprint density at radius 1 is 1.05 bits per heavy atom. The molecule has 20 heavy (non-hydrogen) atoms. The van der Waals surface area contributed by atoms with Crippen molar-refractivity contribution in [3.63, 3.8) is 0 Å². The van der Waals surface area contributed by atoms with E-state index in [1.165, 1.54) is 0 Å². The van der Waals surface area contributed by atoms with Crippen molar-refractivity contribution in [3.05, 3.63) is 70.2 Å². The summed E-state index contributed by atoms with van der Waals surface area (Å²) >= 11 is 5.78. The van der Waals surface area contributed by atoms with E-state index in [4.69, 9.17) is 20.8 Å². The van der Waals surface area contributed by atoms with Gasteiger partial charge in [0.2, 0.25) is 0 Å². The van der Waals surface area contributed by atoms with Crippen LogP contribution in [0.15, 0.2) is 63.8 Å². The second-order valence-corrected chi connectivity index (χ2v) is 4.37. The van der Waals surface area contributed by atoms with Crippen LogP contribution in [0.2, 0.25) is 5.02 Å². The molecule has 0 unspecified atom stereocenters. The summed E-state index contributed by atoms with van der Waals surface area (Å²) in [5.41, 5.74) is 0.604. The first-order valence-corrected chi connectivity index (χ1v) is 6.19. The van der Waals surface area contributed by atoms with E-state index in [1.807, 2.05) is 6.07 Å². The van der Waals surface area contributed by atoms with Gasteiger partial charge in [-0.3, -0.25) is 0 Å². The van der Waals surface area contributed by atoms with Crippen LogP contribution in [0.4, 0.5) is 0 Å². The van der Waals surface area contributed by atoms with Gasteiger partial charge in [0.15, 0.2) is 0 Å². The Morgan fingerprint density at radius 2 is 1.75 bits per heavy atom. The van der Waals surface area contributed by atoms with E-state index < -0.39 is 5.76 Å². The number of nitrogens with zero attached hydrogens (tertiary/aromatic N) is 2. The van der Waals surface area contributed by atoms with Gasteiger partial charge in [-0.05, 0) is 36.4 Å². The molecule has 0 amide bonds. The molecule has 0 aliphatic carbocycles. The summed E-state index contributed by atoms with van der Waals surface area (Å²) in [5.74, 6) is -0.129. The molecule has 1 aromatic heterocycles. The van der Waals surface area contributed by atoms with E-state index >= 15 is 0 Å². The van der Waals surface area contributed by atoms with Crippen molar-refractivity contribution in [3.8, 4) is 17.5 Å². The van der Waals surface area contributed by atoms with E-state index in [2.05, 4.69) is 5.10 Å². The summed E-state index contributed by atoms with van der Waals surface area (Å²) in [6.45, 7) is 0. The van der Waals surface area contributed by atoms with Gasteiger partial charge in [0, 0.05) is 5.02 Å². The van der Waals surface area contributed by atoms with Crippen molar-refractivity contribution < 1.29 is 9.15 Å². The lowest BCUT2D eigenvalue weighted by atomic mass is 10.3. The van der Waals surface area contributed by atoms with Crippen molar-refractivity contribution in [1.29, 1.82) is 0 Å². The molecule has 0 N–H and O–H groups in total. The van der Waals surface area contributed by atoms with Gasteiger partial charge in [0.05, 0.1) is 5.69 Å². The molecule has 0 saturated carbocycles. The summed E-state index contributed by atoms with van der Waals surface area (Å²) in [5, 5.41) is 4.57. The summed E-state index contributed by atoms with van der Waals surface area (Å²) in [6.07, 6.45) is -0.124. The fraction of sp³-hybridized carbons (Fsp3) is 0. The van der Waals surface area contributed by atoms with Crippen molar-refractivity contribution >= 4 is 11.6 Å². The minimum Gasteiger partial charge on any atom is -0.410 e. The number of rotatable bonds is 3. The Balaban J connectivity index is 1.89. The molecule has 5 nitrogen and oxygen atoms in total. The molecule has 6 heteroatoms. The maximum absolute atomic E-state index is 11.7. The average molecular weight is 289 g/mol. The molecule has 0 bridgehead atoms. The summed E-state index contributed by atoms with van der Waals surface area (Å²) < 4.78 is 11.4. The van der Waals surface area contributed by atoms with E-state index in [9.17, 15) is 4.79 Å². The minimum absolute atomic E-state index is 0.124. The molecule has 0 saturated heterocycles. The van der Waals surface area contributed by atoms with Gasteiger partial charge in [-0.15, -0.1) is 0 Å². The predicted octanol–water partition coefficient (Wildman–Crippen LogP) is 3.27. The lowest BCUT2D eigenvalue weighted by Crippen LogP contribution is -2.12. The number of para-hydroxylation sites is 1. The van der Waals surface area contributed by atoms with Gasteiger partial charge in [0.1, 0.15) is 5.75 Å². The lowest BCUT2D eigenvalue weighted by Gasteiger charge is -1.99. The van der Waals surface area contributed by atoms with Gasteiger partial charge in [0.25, 0.3) is 0 Å². The molecule has 1 heterocycles. The minimum atomic E-state index is -0.611. The third-order valence-electron chi connectivity index (χ3n) is 2.55. The quantitative estimate of drug-likeness (QED) is 0.742. The highest BCUT2D eigenvalue weighted by molar-refractivity contribution is 6.30. The fourth-order valence-corrected chi connectivity index (χ4v) is 1.76. The van der Waals surface area contributed by atoms with E-state index in [1.54, 1.807) is 48.5 Å². The number of hydrogen-bond acceptors (Lipinski definition) is 4. The average Bonchev–Trinajstić information content (AvgIpc) is 2.83. The highest BCUT2D eigenvalue weighted by Gasteiger charge is 2.11. The van der Waals surface area contributed by atoms with E-state index in [0.717, 1.165) is 4.68 Å². The Labute approximate surface area is 119 Å². The van der Waals surface area contributed by atoms with Crippen LogP contribution in [-0.2, 0) is 0 Å². The van der Waals surface area contributed by atoms with Crippen LogP contribution in [0.5, 0.6) is 11.8 Å². The zero-order valence-corrected chi connectivity index (χ0v) is 10.9. The number of benzene rings is 2. The normalized spacial score (nSPS) is 10.4. The molecule has 0 fully saturated rings. The van der Waals surface area contributed by atoms with Crippen molar-refractivity contribution in [2.24, 2.45) is 0 Å². The number of aromatic nitrogens is 2. The first kappa shape index (κ1) is 12.5. The zero-order chi connectivity index (χ0) is 13.9. The molecule has 0 atom stereocenters. The van der Waals surface area contributed by atoms with Gasteiger partial charge in [-0.2, -0.15) is 4.68 Å². The molecular weight excluding hydrogens is 280 g/mol. The third kappa shape index (κ3) is 2.57. The lowest BCUT2D eigenvalue weighted by molar-refractivity contribution is 0.320. The van der Waals surface area contributed by atoms with Crippen LogP contribution in [0, 0.1) is 0 Å². The summed E-state index contributed by atoms with van der Waals surface area (Å²) in [4.78, 5) is 11.7. The van der Waals surface area contributed by atoms with Crippen molar-refractivity contribution in [2.45, 2.75) is 0 Å². The molecule has 0 radical (unpaired) electrons. The standard InChI is InChI=1S/C14H9ClN2O3/c15-10-6-8-12(9-7-10)19-13-16-17(14(18)20-13)11-4-2-1-3-5-11/h1-9H. The van der Waals surface area contributed by atoms with Gasteiger partial charge >= 0.3 is 11.8 Å². The molecular formula is C14H9ClN2O3. The van der Waals surface area contributed by atoms with Crippen LogP contribution in [0.3, 0.4) is 0 Å². The zero-order valence-electron chi connectivity index (χ0n) is 10.2. The van der Waals surface area contributed by atoms with Gasteiger partial charge < -0.3 is 9.15 Å². The van der Waals surface area contributed by atoms with E-state index in [-0.39, 0.29) is 6.08 Å². The van der Waals surface area contributed by atoms with Crippen LogP contribution in [-0.4, -0.2) is 9.78 Å². The van der Waals surface area contributed by atoms with Crippen LogP contribution in [0.1, 0.15) is 0 Å². The smallest absolute Gasteiger partial charge is 0.410 e. The number of ether oxygens (including phenoxy) is 1. The van der Waals surface area contributed by atoms with Gasteiger partial charge in [-0.25, -0.2) is 4.79 Å². The highest BCUT2D eigenvalue weighted by atomic mass is 35.5. The van der Waals surface area contributed by atoms with E-state index in [0.29, 0.717) is 16.5 Å². The second kappa shape index (κ2) is 5.22. The molecule has 0 aliphatic heterocycles. The molecule has 3 rings (SSSR count). The Morgan fingerprint density at radius 3 is 2.45 bits per heavy atom. The number of halogens is 1. The summed E-state index contributed by atoms with van der Waals surface area (Å²) in [7, 11) is 0. The van der Waals surface area contributed by atoms with Crippen LogP contribution < -0.4 is 10.5 Å². The molecule has 0 aliphatic rings. The molecule has 100 valence electrons. The number of hydrogen-bond donors (Lipinski definition) is 0. The first-order chi connectivity index (χ1) is 9.72.